The van der Waals surface area contributed by atoms with Crippen LogP contribution in [0.4, 0.5) is 0 Å². The van der Waals surface area contributed by atoms with Crippen molar-refractivity contribution in [2.45, 2.75) is 110 Å². The summed E-state index contributed by atoms with van der Waals surface area (Å²) >= 11 is 3.13. The summed E-state index contributed by atoms with van der Waals surface area (Å²) in [6.07, 6.45) is 18.1. The Labute approximate surface area is 221 Å². The van der Waals surface area contributed by atoms with Crippen LogP contribution in [0.1, 0.15) is 98.3 Å². The van der Waals surface area contributed by atoms with Gasteiger partial charge in [-0.25, -0.2) is 0 Å². The summed E-state index contributed by atoms with van der Waals surface area (Å²) in [4.78, 5) is 11.5. The molecule has 35 heavy (non-hydrogen) atoms. The first-order valence-corrected chi connectivity index (χ1v) is 14.9. The SMILES string of the molecule is C[C@H](CCCC(C)(C)O)[C@H]1CCC2/C(=C/C=C3/C[C@@H](O)CC/C3=C\COC(=O)CBr)CCC[C@@]21C. The van der Waals surface area contributed by atoms with Gasteiger partial charge in [0.1, 0.15) is 11.9 Å². The molecule has 1 unspecified atom stereocenters. The highest BCUT2D eigenvalue weighted by Crippen LogP contribution is 2.60. The molecule has 4 nitrogen and oxygen atoms in total. The van der Waals surface area contributed by atoms with E-state index in [-0.39, 0.29) is 24.0 Å². The Balaban J connectivity index is 1.71. The lowest BCUT2D eigenvalue weighted by atomic mass is 9.60. The largest absolute Gasteiger partial charge is 0.461 e. The molecule has 0 aromatic rings. The predicted molar refractivity (Wildman–Crippen MR) is 146 cm³/mol. The first-order valence-electron chi connectivity index (χ1n) is 13.7. The fourth-order valence-electron chi connectivity index (χ4n) is 7.13. The zero-order valence-electron chi connectivity index (χ0n) is 22.3. The molecule has 5 heteroatoms. The van der Waals surface area contributed by atoms with Gasteiger partial charge in [-0.3, -0.25) is 4.79 Å². The maximum Gasteiger partial charge on any atom is 0.316 e. The second-order valence-corrected chi connectivity index (χ2v) is 12.7. The number of halogens is 1. The summed E-state index contributed by atoms with van der Waals surface area (Å²) in [6, 6.07) is 0. The van der Waals surface area contributed by atoms with Crippen LogP contribution >= 0.6 is 15.9 Å². The molecule has 0 aliphatic heterocycles. The molecular formula is C30H47BrO4. The van der Waals surface area contributed by atoms with Gasteiger partial charge in [-0.05, 0) is 112 Å². The number of rotatable bonds is 9. The van der Waals surface area contributed by atoms with Crippen LogP contribution in [0.2, 0.25) is 0 Å². The number of hydrogen-bond acceptors (Lipinski definition) is 4. The van der Waals surface area contributed by atoms with E-state index >= 15 is 0 Å². The molecule has 0 heterocycles. The molecular weight excluding hydrogens is 504 g/mol. The molecule has 0 bridgehead atoms. The van der Waals surface area contributed by atoms with E-state index in [2.05, 4.69) is 41.9 Å². The maximum absolute atomic E-state index is 11.5. The smallest absolute Gasteiger partial charge is 0.316 e. The summed E-state index contributed by atoms with van der Waals surface area (Å²) in [7, 11) is 0. The fraction of sp³-hybridized carbons (Fsp3) is 0.767. The Morgan fingerprint density at radius 1 is 1.23 bits per heavy atom. The van der Waals surface area contributed by atoms with Crippen molar-refractivity contribution in [3.63, 3.8) is 0 Å². The van der Waals surface area contributed by atoms with Gasteiger partial charge in [-0.1, -0.05) is 60.3 Å². The number of ether oxygens (including phenoxy) is 1. The Morgan fingerprint density at radius 3 is 2.71 bits per heavy atom. The average molecular weight is 552 g/mol. The van der Waals surface area contributed by atoms with Crippen molar-refractivity contribution in [2.75, 3.05) is 11.9 Å². The lowest BCUT2D eigenvalue weighted by Crippen LogP contribution is -2.36. The molecule has 5 atom stereocenters. The Bertz CT molecular complexity index is 821. The van der Waals surface area contributed by atoms with Gasteiger partial charge in [0, 0.05) is 0 Å². The van der Waals surface area contributed by atoms with Gasteiger partial charge in [0.05, 0.1) is 11.7 Å². The molecule has 3 aliphatic rings. The number of carbonyl (C=O) groups excluding carboxylic acids is 1. The van der Waals surface area contributed by atoms with Crippen LogP contribution in [0.25, 0.3) is 0 Å². The Hall–Kier alpha value is -0.910. The van der Waals surface area contributed by atoms with E-state index in [1.165, 1.54) is 49.7 Å². The van der Waals surface area contributed by atoms with E-state index in [4.69, 9.17) is 4.74 Å². The summed E-state index contributed by atoms with van der Waals surface area (Å²) in [5, 5.41) is 20.6. The van der Waals surface area contributed by atoms with Gasteiger partial charge in [-0.15, -0.1) is 0 Å². The third kappa shape index (κ3) is 7.79. The topological polar surface area (TPSA) is 66.8 Å². The number of aliphatic hydroxyl groups excluding tert-OH is 1. The third-order valence-electron chi connectivity index (χ3n) is 8.97. The zero-order chi connectivity index (χ0) is 25.6. The monoisotopic (exact) mass is 550 g/mol. The molecule has 3 saturated carbocycles. The molecule has 0 amide bonds. The Kier molecular flexibility index (Phi) is 10.3. The number of allylic oxidation sites excluding steroid dienone is 4. The average Bonchev–Trinajstić information content (AvgIpc) is 3.15. The number of aliphatic hydroxyl groups is 2. The molecule has 3 aliphatic carbocycles. The van der Waals surface area contributed by atoms with Gasteiger partial charge in [0.2, 0.25) is 0 Å². The highest BCUT2D eigenvalue weighted by Gasteiger charge is 2.50. The first kappa shape index (κ1) is 28.7. The zero-order valence-corrected chi connectivity index (χ0v) is 23.9. The second-order valence-electron chi connectivity index (χ2n) is 12.2. The van der Waals surface area contributed by atoms with Crippen LogP contribution in [0, 0.1) is 23.2 Å². The molecule has 198 valence electrons. The van der Waals surface area contributed by atoms with Crippen LogP contribution < -0.4 is 0 Å². The quantitative estimate of drug-likeness (QED) is 0.238. The summed E-state index contributed by atoms with van der Waals surface area (Å²) in [6.45, 7) is 9.09. The molecule has 3 rings (SSSR count). The standard InChI is InChI=1S/C30H47BrO4/c1-21(7-5-16-29(2,3)34)26-13-14-27-23(8-6-17-30(26,27)4)9-10-24-19-25(32)12-11-22(24)15-18-35-28(33)20-31/h9-10,15,21,25-27,32,34H,5-8,11-14,16-20H2,1-4H3/b22-15+,23-9+,24-10-/t21-,25+,26-,27?,30-/m1/s1. The molecule has 0 radical (unpaired) electrons. The summed E-state index contributed by atoms with van der Waals surface area (Å²) < 4.78 is 5.23. The van der Waals surface area contributed by atoms with E-state index in [0.717, 1.165) is 31.6 Å². The van der Waals surface area contributed by atoms with Gasteiger partial charge >= 0.3 is 5.97 Å². The molecule has 3 fully saturated rings. The normalized spacial score (nSPS) is 33.8. The lowest BCUT2D eigenvalue weighted by Gasteiger charge is -2.44. The fourth-order valence-corrected chi connectivity index (χ4v) is 7.29. The number of alkyl halides is 1. The summed E-state index contributed by atoms with van der Waals surface area (Å²) in [5.74, 6) is 1.84. The van der Waals surface area contributed by atoms with E-state index in [1.807, 2.05) is 19.9 Å². The molecule has 2 N–H and O–H groups in total. The molecule has 0 aromatic carbocycles. The molecule has 0 saturated heterocycles. The predicted octanol–water partition coefficient (Wildman–Crippen LogP) is 7.04. The van der Waals surface area contributed by atoms with Crippen LogP contribution in [0.3, 0.4) is 0 Å². The second kappa shape index (κ2) is 12.6. The first-order chi connectivity index (χ1) is 16.5. The molecule has 0 aromatic heterocycles. The van der Waals surface area contributed by atoms with Crippen molar-refractivity contribution in [3.05, 3.63) is 34.9 Å². The highest BCUT2D eigenvalue weighted by atomic mass is 79.9. The van der Waals surface area contributed by atoms with Crippen molar-refractivity contribution >= 4 is 21.9 Å². The lowest BCUT2D eigenvalue weighted by molar-refractivity contribution is -0.139. The van der Waals surface area contributed by atoms with Gasteiger partial charge in [-0.2, -0.15) is 0 Å². The van der Waals surface area contributed by atoms with Crippen molar-refractivity contribution in [2.24, 2.45) is 23.2 Å². The minimum Gasteiger partial charge on any atom is -0.461 e. The van der Waals surface area contributed by atoms with Gasteiger partial charge < -0.3 is 14.9 Å². The van der Waals surface area contributed by atoms with Gasteiger partial charge in [0.25, 0.3) is 0 Å². The highest BCUT2D eigenvalue weighted by molar-refractivity contribution is 9.09. The van der Waals surface area contributed by atoms with Crippen LogP contribution in [0.15, 0.2) is 34.9 Å². The van der Waals surface area contributed by atoms with Crippen LogP contribution in [-0.4, -0.2) is 39.8 Å². The van der Waals surface area contributed by atoms with Gasteiger partial charge in [0.15, 0.2) is 0 Å². The minimum atomic E-state index is -0.564. The third-order valence-corrected chi connectivity index (χ3v) is 9.43. The van der Waals surface area contributed by atoms with Crippen molar-refractivity contribution in [3.8, 4) is 0 Å². The summed E-state index contributed by atoms with van der Waals surface area (Å²) in [5.41, 5.74) is 3.78. The molecule has 0 spiro atoms. The van der Waals surface area contributed by atoms with Crippen LogP contribution in [-0.2, 0) is 9.53 Å². The van der Waals surface area contributed by atoms with Crippen LogP contribution in [0.5, 0.6) is 0 Å². The Morgan fingerprint density at radius 2 is 2.00 bits per heavy atom. The number of hydrogen-bond donors (Lipinski definition) is 2. The van der Waals surface area contributed by atoms with E-state index in [1.54, 1.807) is 5.57 Å². The number of carbonyl (C=O) groups is 1. The van der Waals surface area contributed by atoms with E-state index in [9.17, 15) is 15.0 Å². The van der Waals surface area contributed by atoms with E-state index < -0.39 is 5.60 Å². The van der Waals surface area contributed by atoms with Crippen molar-refractivity contribution in [1.82, 2.24) is 0 Å². The van der Waals surface area contributed by atoms with E-state index in [0.29, 0.717) is 23.7 Å². The van der Waals surface area contributed by atoms with Crippen molar-refractivity contribution < 1.29 is 19.7 Å². The maximum atomic E-state index is 11.5. The number of esters is 1. The van der Waals surface area contributed by atoms with Crippen molar-refractivity contribution in [1.29, 1.82) is 0 Å². The number of fused-ring (bicyclic) bond motifs is 1. The minimum absolute atomic E-state index is 0.211.